The summed E-state index contributed by atoms with van der Waals surface area (Å²) in [7, 11) is 1.73. The number of allylic oxidation sites excluding steroid dienone is 2. The van der Waals surface area contributed by atoms with Crippen LogP contribution < -0.4 is 0 Å². The lowest BCUT2D eigenvalue weighted by Crippen LogP contribution is -1.92. The van der Waals surface area contributed by atoms with E-state index < -0.39 is 0 Å². The molecule has 0 bridgehead atoms. The minimum absolute atomic E-state index is 0.257. The first-order valence-electron chi connectivity index (χ1n) is 8.13. The Morgan fingerprint density at radius 2 is 2.21 bits per heavy atom. The molecule has 0 aliphatic heterocycles. The summed E-state index contributed by atoms with van der Waals surface area (Å²) in [6.45, 7) is 6.23. The van der Waals surface area contributed by atoms with E-state index in [0.29, 0.717) is 17.4 Å². The molecule has 0 N–H and O–H groups in total. The Morgan fingerprint density at radius 1 is 1.38 bits per heavy atom. The Kier molecular flexibility index (Phi) is 6.44. The van der Waals surface area contributed by atoms with Gasteiger partial charge in [-0.15, -0.1) is 0 Å². The Labute approximate surface area is 142 Å². The van der Waals surface area contributed by atoms with Crippen LogP contribution in [0.3, 0.4) is 0 Å². The van der Waals surface area contributed by atoms with Crippen molar-refractivity contribution in [1.82, 2.24) is 15.1 Å². The lowest BCUT2D eigenvalue weighted by atomic mass is 10.1. The molecule has 0 aliphatic rings. The predicted octanol–water partition coefficient (Wildman–Crippen LogP) is 4.03. The van der Waals surface area contributed by atoms with Crippen molar-refractivity contribution in [3.8, 4) is 23.2 Å². The van der Waals surface area contributed by atoms with Gasteiger partial charge >= 0.3 is 0 Å². The molecule has 2 aromatic rings. The first kappa shape index (κ1) is 17.6. The molecule has 5 heteroatoms. The molecule has 0 saturated carbocycles. The van der Waals surface area contributed by atoms with Crippen molar-refractivity contribution in [1.29, 1.82) is 0 Å². The summed E-state index contributed by atoms with van der Waals surface area (Å²) >= 11 is 0. The fraction of sp³-hybridized carbons (Fsp3) is 0.368. The van der Waals surface area contributed by atoms with E-state index in [1.807, 2.05) is 24.3 Å². The van der Waals surface area contributed by atoms with Crippen molar-refractivity contribution >= 4 is 5.71 Å². The third-order valence-corrected chi connectivity index (χ3v) is 3.57. The number of hydrogen-bond donors (Lipinski definition) is 0. The molecule has 2 heterocycles. The van der Waals surface area contributed by atoms with Crippen LogP contribution in [0.25, 0.3) is 11.4 Å². The Balaban J connectivity index is 2.14. The molecule has 0 saturated heterocycles. The van der Waals surface area contributed by atoms with Gasteiger partial charge in [0.2, 0.25) is 11.7 Å². The molecule has 0 radical (unpaired) electrons. The van der Waals surface area contributed by atoms with Crippen LogP contribution in [0.15, 0.2) is 40.0 Å². The molecule has 24 heavy (non-hydrogen) atoms. The van der Waals surface area contributed by atoms with Crippen molar-refractivity contribution in [3.63, 3.8) is 0 Å². The topological polar surface area (TPSA) is 64.2 Å². The molecule has 0 amide bonds. The molecule has 1 atom stereocenters. The summed E-state index contributed by atoms with van der Waals surface area (Å²) in [5, 5.41) is 4.02. The fourth-order valence-corrected chi connectivity index (χ4v) is 1.86. The molecule has 0 aromatic carbocycles. The van der Waals surface area contributed by atoms with Gasteiger partial charge in [-0.1, -0.05) is 32.0 Å². The molecule has 2 aromatic heterocycles. The van der Waals surface area contributed by atoms with Gasteiger partial charge in [-0.25, -0.2) is 4.98 Å². The van der Waals surface area contributed by atoms with Crippen molar-refractivity contribution in [3.05, 3.63) is 42.1 Å². The van der Waals surface area contributed by atoms with Crippen LogP contribution in [0.4, 0.5) is 0 Å². The smallest absolute Gasteiger partial charge is 0.229 e. The Hall–Kier alpha value is -2.74. The number of pyridine rings is 1. The summed E-state index contributed by atoms with van der Waals surface area (Å²) in [6.07, 6.45) is 7.56. The van der Waals surface area contributed by atoms with E-state index in [-0.39, 0.29) is 5.92 Å². The molecule has 5 nitrogen and oxygen atoms in total. The minimum Gasteiger partial charge on any atom is -0.339 e. The number of aromatic nitrogens is 3. The van der Waals surface area contributed by atoms with Crippen molar-refractivity contribution in [2.45, 2.75) is 39.5 Å². The first-order chi connectivity index (χ1) is 11.7. The highest BCUT2D eigenvalue weighted by Crippen LogP contribution is 2.20. The van der Waals surface area contributed by atoms with Gasteiger partial charge in [0.1, 0.15) is 11.4 Å². The molecule has 2 rings (SSSR count). The summed E-state index contributed by atoms with van der Waals surface area (Å²) < 4.78 is 5.29. The van der Waals surface area contributed by atoms with Crippen LogP contribution in [-0.2, 0) is 0 Å². The normalized spacial score (nSPS) is 12.9. The maximum absolute atomic E-state index is 5.29. The monoisotopic (exact) mass is 322 g/mol. The molecular weight excluding hydrogens is 300 g/mol. The van der Waals surface area contributed by atoms with Crippen molar-refractivity contribution in [2.75, 3.05) is 7.05 Å². The van der Waals surface area contributed by atoms with Crippen molar-refractivity contribution in [2.24, 2.45) is 4.99 Å². The summed E-state index contributed by atoms with van der Waals surface area (Å²) in [5.74, 6) is 7.48. The van der Waals surface area contributed by atoms with E-state index in [4.69, 9.17) is 4.52 Å². The highest BCUT2D eigenvalue weighted by atomic mass is 16.5. The van der Waals surface area contributed by atoms with E-state index in [9.17, 15) is 0 Å². The van der Waals surface area contributed by atoms with Gasteiger partial charge in [0.05, 0.1) is 0 Å². The van der Waals surface area contributed by atoms with Gasteiger partial charge in [-0.05, 0) is 42.9 Å². The molecule has 0 aliphatic carbocycles. The molecular formula is C19H22N4O. The second-order valence-electron chi connectivity index (χ2n) is 5.37. The summed E-state index contributed by atoms with van der Waals surface area (Å²) in [5.41, 5.74) is 2.23. The first-order valence-corrected chi connectivity index (χ1v) is 8.13. The van der Waals surface area contributed by atoms with Gasteiger partial charge in [0.15, 0.2) is 0 Å². The zero-order valence-electron chi connectivity index (χ0n) is 14.6. The number of rotatable bonds is 5. The van der Waals surface area contributed by atoms with E-state index >= 15 is 0 Å². The van der Waals surface area contributed by atoms with E-state index in [1.54, 1.807) is 13.2 Å². The van der Waals surface area contributed by atoms with Gasteiger partial charge < -0.3 is 4.52 Å². The van der Waals surface area contributed by atoms with Gasteiger partial charge in [-0.2, -0.15) is 4.98 Å². The molecule has 0 fully saturated rings. The van der Waals surface area contributed by atoms with Crippen LogP contribution >= 0.6 is 0 Å². The Bertz CT molecular complexity index is 776. The zero-order chi connectivity index (χ0) is 17.4. The second kappa shape index (κ2) is 8.78. The third-order valence-electron chi connectivity index (χ3n) is 3.57. The SMILES string of the molecule is CC/C=C\C(C#Cc1ccc(-c2noc(C(C)CC)n2)cn1)=NC. The van der Waals surface area contributed by atoms with Crippen LogP contribution in [0.1, 0.15) is 51.1 Å². The van der Waals surface area contributed by atoms with Gasteiger partial charge in [0, 0.05) is 24.7 Å². The maximum atomic E-state index is 5.29. The third kappa shape index (κ3) is 4.63. The molecule has 124 valence electrons. The second-order valence-corrected chi connectivity index (χ2v) is 5.37. The zero-order valence-corrected chi connectivity index (χ0v) is 14.6. The van der Waals surface area contributed by atoms with Gasteiger partial charge in [-0.3, -0.25) is 4.99 Å². The lowest BCUT2D eigenvalue weighted by molar-refractivity contribution is 0.357. The van der Waals surface area contributed by atoms with Crippen LogP contribution in [0, 0.1) is 11.8 Å². The number of aliphatic imine (C=N–C) groups is 1. The molecule has 1 unspecified atom stereocenters. The van der Waals surface area contributed by atoms with E-state index in [0.717, 1.165) is 24.1 Å². The highest BCUT2D eigenvalue weighted by Gasteiger charge is 2.13. The summed E-state index contributed by atoms with van der Waals surface area (Å²) in [6, 6.07) is 3.74. The van der Waals surface area contributed by atoms with Crippen LogP contribution in [0.5, 0.6) is 0 Å². The number of nitrogens with zero attached hydrogens (tertiary/aromatic N) is 4. The average molecular weight is 322 g/mol. The summed E-state index contributed by atoms with van der Waals surface area (Å²) in [4.78, 5) is 12.9. The largest absolute Gasteiger partial charge is 0.339 e. The number of hydrogen-bond acceptors (Lipinski definition) is 5. The van der Waals surface area contributed by atoms with Crippen LogP contribution in [-0.4, -0.2) is 27.9 Å². The highest BCUT2D eigenvalue weighted by molar-refractivity contribution is 6.08. The quantitative estimate of drug-likeness (QED) is 0.616. The lowest BCUT2D eigenvalue weighted by Gasteiger charge is -1.98. The Morgan fingerprint density at radius 3 is 2.83 bits per heavy atom. The van der Waals surface area contributed by atoms with Gasteiger partial charge in [0.25, 0.3) is 0 Å². The predicted molar refractivity (Wildman–Crippen MR) is 95.9 cm³/mol. The maximum Gasteiger partial charge on any atom is 0.229 e. The van der Waals surface area contributed by atoms with Crippen molar-refractivity contribution < 1.29 is 4.52 Å². The van der Waals surface area contributed by atoms with E-state index in [1.165, 1.54) is 0 Å². The standard InChI is InChI=1S/C19H22N4O/c1-5-7-8-16(20-4)11-12-17-10-9-15(13-21-17)18-22-19(24-23-18)14(3)6-2/h7-10,13-14H,5-6H2,1-4H3/b8-7-,20-16?. The fourth-order valence-electron chi connectivity index (χ4n) is 1.86. The minimum atomic E-state index is 0.257. The molecule has 0 spiro atoms. The van der Waals surface area contributed by atoms with E-state index in [2.05, 4.69) is 52.7 Å². The average Bonchev–Trinajstić information content (AvgIpc) is 3.12. The van der Waals surface area contributed by atoms with Crippen LogP contribution in [0.2, 0.25) is 0 Å².